The molecule has 10 heteroatoms. The molecule has 0 radical (unpaired) electrons. The van der Waals surface area contributed by atoms with Gasteiger partial charge < -0.3 is 41.1 Å². The van der Waals surface area contributed by atoms with Gasteiger partial charge in [-0.15, -0.1) is 0 Å². The van der Waals surface area contributed by atoms with Crippen LogP contribution < -0.4 is 90.6 Å². The number of carboxylic acids is 2. The zero-order valence-corrected chi connectivity index (χ0v) is 31.6. The normalized spacial score (nSPS) is 36.6. The first-order chi connectivity index (χ1) is 20.0. The van der Waals surface area contributed by atoms with E-state index >= 15 is 0 Å². The molecule has 0 aliphatic carbocycles. The third-order valence-electron chi connectivity index (χ3n) is 11.3. The molecule has 10 unspecified atom stereocenters. The standard InChI is InChI=1S/C34H50N4O4.2Na/c1-7-21-17(3)25-13-26-19(5)23(9-11-33(39)40)31(37-26)16-32-24(10-12-34(41)42)20(6)28(38-32)15-30-22(8-2)18(4)27(36-30)14-29(21)35-25;;/h7-8,20,24-32,35-38H,1-2,9-16H2,3-6H3,(H,39,40)(H,41,42);;/q;2*+1/p-2. The Kier molecular flexibility index (Phi) is 13.8. The van der Waals surface area contributed by atoms with Crippen molar-refractivity contribution < 1.29 is 78.9 Å². The van der Waals surface area contributed by atoms with Crippen LogP contribution in [0.3, 0.4) is 0 Å². The van der Waals surface area contributed by atoms with Crippen LogP contribution in [0.15, 0.2) is 58.7 Å². The van der Waals surface area contributed by atoms with Gasteiger partial charge in [0.25, 0.3) is 0 Å². The van der Waals surface area contributed by atoms with E-state index in [2.05, 4.69) is 62.1 Å². The Hall–Kier alpha value is -0.520. The fourth-order valence-corrected chi connectivity index (χ4v) is 8.85. The molecular formula is C34H48N4Na2O4. The Balaban J connectivity index is 0.00000264. The van der Waals surface area contributed by atoms with Gasteiger partial charge in [-0.1, -0.05) is 54.5 Å². The maximum atomic E-state index is 11.5. The molecule has 0 aromatic rings. The number of nitrogens with one attached hydrogen (secondary N) is 4. The van der Waals surface area contributed by atoms with E-state index in [9.17, 15) is 19.8 Å². The minimum absolute atomic E-state index is 0. The first kappa shape index (κ1) is 37.9. The van der Waals surface area contributed by atoms with Crippen LogP contribution in [-0.4, -0.2) is 60.3 Å². The van der Waals surface area contributed by atoms with Crippen LogP contribution in [0.4, 0.5) is 0 Å². The van der Waals surface area contributed by atoms with Crippen LogP contribution in [0.2, 0.25) is 0 Å². The van der Waals surface area contributed by atoms with Crippen molar-refractivity contribution in [2.75, 3.05) is 0 Å². The molecule has 2 fully saturated rings. The SMILES string of the molecule is C=CC1=C(C)C2CC3NC(CC4NC(CC5NC(CC1N2)C(C)=C5C=C)C(C)C4CCC(=O)[O-])C(CCC(=O)[O-])=C3C.[Na+].[Na+]. The second-order valence-electron chi connectivity index (χ2n) is 13.3. The number of carbonyl (C=O) groups excluding carboxylic acids is 2. The van der Waals surface area contributed by atoms with Crippen LogP contribution in [0.25, 0.3) is 0 Å². The minimum atomic E-state index is -1.03. The maximum absolute atomic E-state index is 11.5. The Morgan fingerprint density at radius 2 is 1.18 bits per heavy atom. The zero-order valence-electron chi connectivity index (χ0n) is 27.6. The summed E-state index contributed by atoms with van der Waals surface area (Å²) in [4.78, 5) is 23.0. The second-order valence-corrected chi connectivity index (χ2v) is 13.3. The summed E-state index contributed by atoms with van der Waals surface area (Å²) in [6.45, 7) is 17.2. The van der Waals surface area contributed by atoms with Crippen LogP contribution in [-0.2, 0) is 9.59 Å². The van der Waals surface area contributed by atoms with E-state index in [-0.39, 0.29) is 132 Å². The predicted octanol–water partition coefficient (Wildman–Crippen LogP) is -4.44. The van der Waals surface area contributed by atoms with Gasteiger partial charge in [0.1, 0.15) is 0 Å². The molecule has 0 spiro atoms. The molecule has 10 atom stereocenters. The van der Waals surface area contributed by atoms with E-state index in [0.717, 1.165) is 25.7 Å². The third kappa shape index (κ3) is 7.78. The molecule has 8 nitrogen and oxygen atoms in total. The topological polar surface area (TPSA) is 128 Å². The Labute approximate surface area is 307 Å². The molecule has 5 rings (SSSR count). The average molecular weight is 623 g/mol. The number of rotatable bonds is 8. The summed E-state index contributed by atoms with van der Waals surface area (Å²) in [5, 5.41) is 38.7. The van der Waals surface area contributed by atoms with Crippen molar-refractivity contribution in [2.24, 2.45) is 11.8 Å². The second kappa shape index (κ2) is 16.1. The minimum Gasteiger partial charge on any atom is -0.550 e. The van der Waals surface area contributed by atoms with Crippen LogP contribution >= 0.6 is 0 Å². The quantitative estimate of drug-likeness (QED) is 0.158. The molecule has 5 aliphatic heterocycles. The molecule has 0 aromatic heterocycles. The number of hydrogen-bond acceptors (Lipinski definition) is 8. The average Bonchev–Trinajstić information content (AvgIpc) is 3.59. The van der Waals surface area contributed by atoms with Crippen molar-refractivity contribution in [3.63, 3.8) is 0 Å². The molecule has 0 aromatic carbocycles. The van der Waals surface area contributed by atoms with Crippen molar-refractivity contribution in [1.82, 2.24) is 21.3 Å². The number of hydrogen-bond donors (Lipinski definition) is 4. The summed E-state index contributed by atoms with van der Waals surface area (Å²) in [7, 11) is 0. The van der Waals surface area contributed by atoms with E-state index in [0.29, 0.717) is 12.8 Å². The van der Waals surface area contributed by atoms with Crippen LogP contribution in [0.5, 0.6) is 0 Å². The summed E-state index contributed by atoms with van der Waals surface area (Å²) in [5.74, 6) is -1.58. The van der Waals surface area contributed by atoms with Gasteiger partial charge in [0.15, 0.2) is 0 Å². The number of carboxylic acid groups (broad SMARTS) is 2. The summed E-state index contributed by atoms with van der Waals surface area (Å²) in [6, 6.07) is 1.24. The van der Waals surface area contributed by atoms with Gasteiger partial charge in [-0.3, -0.25) is 0 Å². The maximum Gasteiger partial charge on any atom is 1.00 e. The molecule has 5 heterocycles. The smallest absolute Gasteiger partial charge is 0.550 e. The molecule has 0 saturated carbocycles. The Morgan fingerprint density at radius 1 is 0.705 bits per heavy atom. The van der Waals surface area contributed by atoms with Crippen LogP contribution in [0, 0.1) is 11.8 Å². The van der Waals surface area contributed by atoms with Crippen LogP contribution in [0.1, 0.15) is 79.1 Å². The van der Waals surface area contributed by atoms with Gasteiger partial charge in [0, 0.05) is 60.3 Å². The molecule has 0 amide bonds. The Bertz CT molecular complexity index is 1230. The van der Waals surface area contributed by atoms with Crippen molar-refractivity contribution in [2.45, 2.75) is 127 Å². The summed E-state index contributed by atoms with van der Waals surface area (Å²) >= 11 is 0. The molecule has 44 heavy (non-hydrogen) atoms. The van der Waals surface area contributed by atoms with Gasteiger partial charge in [-0.05, 0) is 95.1 Å². The van der Waals surface area contributed by atoms with E-state index in [1.54, 1.807) is 0 Å². The van der Waals surface area contributed by atoms with Gasteiger partial charge >= 0.3 is 59.1 Å². The molecule has 4 N–H and O–H groups in total. The summed E-state index contributed by atoms with van der Waals surface area (Å²) in [6.07, 6.45) is 8.56. The largest absolute Gasteiger partial charge is 1.00 e. The first-order valence-electron chi connectivity index (χ1n) is 15.8. The monoisotopic (exact) mass is 622 g/mol. The van der Waals surface area contributed by atoms with E-state index < -0.39 is 11.9 Å². The van der Waals surface area contributed by atoms with Gasteiger partial charge in [-0.2, -0.15) is 0 Å². The van der Waals surface area contributed by atoms with Crippen molar-refractivity contribution in [3.05, 3.63) is 58.7 Å². The number of aliphatic carboxylic acids is 2. The first-order valence-corrected chi connectivity index (χ1v) is 15.8. The third-order valence-corrected chi connectivity index (χ3v) is 11.3. The van der Waals surface area contributed by atoms with Crippen molar-refractivity contribution >= 4 is 11.9 Å². The predicted molar refractivity (Wildman–Crippen MR) is 161 cm³/mol. The zero-order chi connectivity index (χ0) is 30.3. The van der Waals surface area contributed by atoms with Crippen molar-refractivity contribution in [3.8, 4) is 0 Å². The number of fused-ring (bicyclic) bond motifs is 8. The molecule has 5 aliphatic rings. The summed E-state index contributed by atoms with van der Waals surface area (Å²) in [5.41, 5.74) is 7.61. The Morgan fingerprint density at radius 3 is 1.73 bits per heavy atom. The van der Waals surface area contributed by atoms with Gasteiger partial charge in [0.2, 0.25) is 0 Å². The molecule has 230 valence electrons. The number of carbonyl (C=O) groups is 2. The fourth-order valence-electron chi connectivity index (χ4n) is 8.85. The van der Waals surface area contributed by atoms with E-state index in [4.69, 9.17) is 0 Å². The summed E-state index contributed by atoms with van der Waals surface area (Å²) < 4.78 is 0. The molecule has 8 bridgehead atoms. The van der Waals surface area contributed by atoms with Gasteiger partial charge in [-0.25, -0.2) is 0 Å². The van der Waals surface area contributed by atoms with Gasteiger partial charge in [0.05, 0.1) is 0 Å². The van der Waals surface area contributed by atoms with E-state index in [1.165, 1.54) is 33.4 Å². The fraction of sp³-hybridized carbons (Fsp3) is 0.647. The van der Waals surface area contributed by atoms with E-state index in [1.807, 2.05) is 12.2 Å². The van der Waals surface area contributed by atoms with Crippen molar-refractivity contribution in [1.29, 1.82) is 0 Å². The molecular weight excluding hydrogens is 574 g/mol. The molecule has 2 saturated heterocycles.